The third-order valence-electron chi connectivity index (χ3n) is 2.17. The summed E-state index contributed by atoms with van der Waals surface area (Å²) in [7, 11) is 1.64. The summed E-state index contributed by atoms with van der Waals surface area (Å²) in [6.07, 6.45) is 1.19. The van der Waals surface area contributed by atoms with E-state index in [9.17, 15) is 9.59 Å². The van der Waals surface area contributed by atoms with Crippen LogP contribution in [0.3, 0.4) is 0 Å². The molecule has 0 spiro atoms. The van der Waals surface area contributed by atoms with Gasteiger partial charge in [-0.15, -0.1) is 0 Å². The number of benzene rings is 1. The maximum Gasteiger partial charge on any atom is 0.419 e. The van der Waals surface area contributed by atoms with Crippen LogP contribution >= 0.6 is 0 Å². The van der Waals surface area contributed by atoms with E-state index < -0.39 is 0 Å². The lowest BCUT2D eigenvalue weighted by Crippen LogP contribution is -2.08. The van der Waals surface area contributed by atoms with E-state index >= 15 is 0 Å². The molecule has 0 bridgehead atoms. The Labute approximate surface area is 79.8 Å². The van der Waals surface area contributed by atoms with Crippen molar-refractivity contribution in [2.45, 2.75) is 6.42 Å². The Morgan fingerprint density at radius 2 is 2.29 bits per heavy atom. The maximum atomic E-state index is 11.1. The van der Waals surface area contributed by atoms with Crippen molar-refractivity contribution < 1.29 is 9.21 Å². The fourth-order valence-electron chi connectivity index (χ4n) is 1.40. The van der Waals surface area contributed by atoms with Gasteiger partial charge in [0.15, 0.2) is 5.58 Å². The fourth-order valence-corrected chi connectivity index (χ4v) is 1.40. The van der Waals surface area contributed by atoms with E-state index in [1.807, 2.05) is 0 Å². The molecule has 0 amide bonds. The van der Waals surface area contributed by atoms with Crippen molar-refractivity contribution in [2.24, 2.45) is 7.05 Å². The van der Waals surface area contributed by atoms with Crippen LogP contribution in [0.2, 0.25) is 0 Å². The van der Waals surface area contributed by atoms with E-state index in [0.717, 1.165) is 11.8 Å². The van der Waals surface area contributed by atoms with Crippen LogP contribution < -0.4 is 5.76 Å². The smallest absolute Gasteiger partial charge is 0.408 e. The molecule has 2 aromatic rings. The number of carbonyl (C=O) groups excluding carboxylic acids is 1. The summed E-state index contributed by atoms with van der Waals surface area (Å²) >= 11 is 0. The normalized spacial score (nSPS) is 10.6. The topological polar surface area (TPSA) is 52.2 Å². The van der Waals surface area contributed by atoms with Gasteiger partial charge < -0.3 is 9.21 Å². The van der Waals surface area contributed by atoms with Crippen LogP contribution in [-0.4, -0.2) is 10.9 Å². The molecule has 4 nitrogen and oxygen atoms in total. The van der Waals surface area contributed by atoms with Gasteiger partial charge in [0.2, 0.25) is 0 Å². The average Bonchev–Trinajstić information content (AvgIpc) is 2.45. The van der Waals surface area contributed by atoms with Gasteiger partial charge in [-0.2, -0.15) is 0 Å². The zero-order chi connectivity index (χ0) is 10.1. The van der Waals surface area contributed by atoms with Crippen molar-refractivity contribution in [3.8, 4) is 0 Å². The highest BCUT2D eigenvalue weighted by Gasteiger charge is 2.05. The molecule has 1 aromatic heterocycles. The van der Waals surface area contributed by atoms with Crippen molar-refractivity contribution in [3.63, 3.8) is 0 Å². The Morgan fingerprint density at radius 3 is 3.00 bits per heavy atom. The predicted octanol–water partition coefficient (Wildman–Crippen LogP) is 0.873. The van der Waals surface area contributed by atoms with Crippen molar-refractivity contribution >= 4 is 17.4 Å². The second-order valence-corrected chi connectivity index (χ2v) is 3.10. The molecule has 72 valence electrons. The van der Waals surface area contributed by atoms with Crippen molar-refractivity contribution in [1.29, 1.82) is 0 Å². The van der Waals surface area contributed by atoms with Crippen LogP contribution in [0.1, 0.15) is 5.56 Å². The monoisotopic (exact) mass is 191 g/mol. The minimum Gasteiger partial charge on any atom is -0.408 e. The zero-order valence-corrected chi connectivity index (χ0v) is 7.69. The standard InChI is InChI=1S/C10H9NO3/c1-11-8-6-7(4-5-12)2-3-9(8)14-10(11)13/h2-3,5-6H,4H2,1H3. The number of nitrogens with zero attached hydrogens (tertiary/aromatic N) is 1. The molecule has 0 atom stereocenters. The summed E-state index contributed by atoms with van der Waals surface area (Å²) in [5.74, 6) is -0.386. The number of aryl methyl sites for hydroxylation is 1. The van der Waals surface area contributed by atoms with Gasteiger partial charge in [-0.05, 0) is 17.7 Å². The van der Waals surface area contributed by atoms with Crippen molar-refractivity contribution in [3.05, 3.63) is 34.3 Å². The second-order valence-electron chi connectivity index (χ2n) is 3.10. The van der Waals surface area contributed by atoms with Gasteiger partial charge in [0.25, 0.3) is 0 Å². The van der Waals surface area contributed by atoms with Crippen LogP contribution in [0.4, 0.5) is 0 Å². The van der Waals surface area contributed by atoms with E-state index in [4.69, 9.17) is 4.42 Å². The fraction of sp³-hybridized carbons (Fsp3) is 0.200. The van der Waals surface area contributed by atoms with Crippen LogP contribution in [0.15, 0.2) is 27.4 Å². The van der Waals surface area contributed by atoms with Crippen molar-refractivity contribution in [2.75, 3.05) is 0 Å². The molecule has 0 saturated heterocycles. The first-order chi connectivity index (χ1) is 6.72. The van der Waals surface area contributed by atoms with Gasteiger partial charge >= 0.3 is 5.76 Å². The number of hydrogen-bond acceptors (Lipinski definition) is 3. The highest BCUT2D eigenvalue weighted by Crippen LogP contribution is 2.13. The van der Waals surface area contributed by atoms with E-state index in [1.54, 1.807) is 25.2 Å². The summed E-state index contributed by atoms with van der Waals surface area (Å²) in [6, 6.07) is 5.27. The molecule has 14 heavy (non-hydrogen) atoms. The summed E-state index contributed by atoms with van der Waals surface area (Å²) in [5.41, 5.74) is 2.14. The van der Waals surface area contributed by atoms with Crippen LogP contribution in [0, 0.1) is 0 Å². The van der Waals surface area contributed by atoms with Crippen LogP contribution in [0.25, 0.3) is 11.1 Å². The van der Waals surface area contributed by atoms with Crippen molar-refractivity contribution in [1.82, 2.24) is 4.57 Å². The minimum absolute atomic E-state index is 0.356. The second kappa shape index (κ2) is 3.14. The molecule has 0 fully saturated rings. The molecular weight excluding hydrogens is 182 g/mol. The summed E-state index contributed by atoms with van der Waals surface area (Å²) in [6.45, 7) is 0. The van der Waals surface area contributed by atoms with E-state index in [2.05, 4.69) is 0 Å². The van der Waals surface area contributed by atoms with Gasteiger partial charge in [-0.3, -0.25) is 4.57 Å². The van der Waals surface area contributed by atoms with Gasteiger partial charge in [-0.1, -0.05) is 6.07 Å². The zero-order valence-electron chi connectivity index (χ0n) is 7.69. The van der Waals surface area contributed by atoms with E-state index in [0.29, 0.717) is 17.5 Å². The molecule has 0 unspecified atom stereocenters. The molecule has 2 rings (SSSR count). The first-order valence-corrected chi connectivity index (χ1v) is 4.24. The first kappa shape index (κ1) is 8.74. The Morgan fingerprint density at radius 1 is 1.50 bits per heavy atom. The lowest BCUT2D eigenvalue weighted by Gasteiger charge is -1.95. The lowest BCUT2D eigenvalue weighted by molar-refractivity contribution is -0.107. The molecule has 0 aliphatic heterocycles. The first-order valence-electron chi connectivity index (χ1n) is 4.24. The van der Waals surface area contributed by atoms with Gasteiger partial charge in [0, 0.05) is 13.5 Å². The SMILES string of the molecule is Cn1c(=O)oc2ccc(CC=O)cc21. The molecule has 0 aliphatic rings. The highest BCUT2D eigenvalue weighted by atomic mass is 16.4. The Bertz CT molecular complexity index is 536. The van der Waals surface area contributed by atoms with Gasteiger partial charge in [0.05, 0.1) is 5.52 Å². The Hall–Kier alpha value is -1.84. The van der Waals surface area contributed by atoms with Gasteiger partial charge in [-0.25, -0.2) is 4.79 Å². The molecular formula is C10H9NO3. The quantitative estimate of drug-likeness (QED) is 0.662. The van der Waals surface area contributed by atoms with Gasteiger partial charge in [0.1, 0.15) is 6.29 Å². The molecule has 0 aliphatic carbocycles. The van der Waals surface area contributed by atoms with E-state index in [1.165, 1.54) is 4.57 Å². The third-order valence-corrected chi connectivity index (χ3v) is 2.17. The molecule has 0 radical (unpaired) electrons. The number of rotatable bonds is 2. The number of aromatic nitrogens is 1. The Kier molecular flexibility index (Phi) is 1.96. The lowest BCUT2D eigenvalue weighted by atomic mass is 10.1. The number of oxazole rings is 1. The summed E-state index contributed by atoms with van der Waals surface area (Å²) < 4.78 is 6.37. The number of aldehydes is 1. The molecule has 4 heteroatoms. The van der Waals surface area contributed by atoms with Crippen LogP contribution in [0.5, 0.6) is 0 Å². The largest absolute Gasteiger partial charge is 0.419 e. The summed E-state index contributed by atoms with van der Waals surface area (Å²) in [4.78, 5) is 21.4. The highest BCUT2D eigenvalue weighted by molar-refractivity contribution is 5.74. The molecule has 0 saturated carbocycles. The minimum atomic E-state index is -0.386. The molecule has 1 heterocycles. The number of carbonyl (C=O) groups is 1. The average molecular weight is 191 g/mol. The van der Waals surface area contributed by atoms with Crippen LogP contribution in [-0.2, 0) is 18.3 Å². The summed E-state index contributed by atoms with van der Waals surface area (Å²) in [5, 5.41) is 0. The number of fused-ring (bicyclic) bond motifs is 1. The third kappa shape index (κ3) is 1.25. The van der Waals surface area contributed by atoms with E-state index in [-0.39, 0.29) is 5.76 Å². The Balaban J connectivity index is 2.69. The predicted molar refractivity (Wildman–Crippen MR) is 51.2 cm³/mol. The number of hydrogen-bond donors (Lipinski definition) is 0. The maximum absolute atomic E-state index is 11.1. The molecule has 1 aromatic carbocycles. The molecule has 0 N–H and O–H groups in total.